The van der Waals surface area contributed by atoms with Crippen LogP contribution in [0.4, 0.5) is 0 Å². The molecular weight excluding hydrogens is 394 g/mol. The molecule has 0 aliphatic carbocycles. The maximum Gasteiger partial charge on any atom is 0.335 e. The van der Waals surface area contributed by atoms with Crippen LogP contribution in [0.3, 0.4) is 0 Å². The molecule has 0 radical (unpaired) electrons. The van der Waals surface area contributed by atoms with Crippen molar-refractivity contribution in [2.24, 2.45) is 7.05 Å². The third-order valence-corrected chi connectivity index (χ3v) is 5.10. The van der Waals surface area contributed by atoms with Crippen LogP contribution in [0.15, 0.2) is 48.5 Å². The fraction of sp³-hybridized carbons (Fsp3) is 0.208. The van der Waals surface area contributed by atoms with Gasteiger partial charge < -0.3 is 19.1 Å². The average molecular weight is 417 g/mol. The highest BCUT2D eigenvalue weighted by atomic mass is 16.5. The van der Waals surface area contributed by atoms with Crippen molar-refractivity contribution in [3.63, 3.8) is 0 Å². The highest BCUT2D eigenvalue weighted by Crippen LogP contribution is 2.30. The van der Waals surface area contributed by atoms with E-state index in [1.165, 1.54) is 12.1 Å². The minimum Gasteiger partial charge on any atom is -0.486 e. The van der Waals surface area contributed by atoms with Crippen molar-refractivity contribution in [3.05, 3.63) is 76.9 Å². The number of imidazole rings is 1. The number of rotatable bonds is 6. The minimum absolute atomic E-state index is 0.182. The number of hydrogen-bond acceptors (Lipinski definition) is 5. The third kappa shape index (κ3) is 4.21. The molecule has 0 bridgehead atoms. The van der Waals surface area contributed by atoms with Crippen LogP contribution < -0.4 is 9.47 Å². The number of carbonyl (C=O) groups is 1. The summed E-state index contributed by atoms with van der Waals surface area (Å²) in [6, 6.07) is 14.2. The summed E-state index contributed by atoms with van der Waals surface area (Å²) < 4.78 is 13.8. The number of aromatic carboxylic acids is 1. The first-order valence-electron chi connectivity index (χ1n) is 9.86. The summed E-state index contributed by atoms with van der Waals surface area (Å²) in [4.78, 5) is 20.3. The molecule has 0 atom stereocenters. The second-order valence-electron chi connectivity index (χ2n) is 7.45. The molecule has 4 rings (SSSR count). The van der Waals surface area contributed by atoms with E-state index in [1.807, 2.05) is 56.7 Å². The molecular formula is C24H23N3O4. The Balaban J connectivity index is 1.60. The van der Waals surface area contributed by atoms with E-state index in [9.17, 15) is 4.79 Å². The van der Waals surface area contributed by atoms with Crippen LogP contribution in [0, 0.1) is 20.8 Å². The van der Waals surface area contributed by atoms with Gasteiger partial charge >= 0.3 is 5.97 Å². The molecule has 0 aliphatic rings. The van der Waals surface area contributed by atoms with Gasteiger partial charge in [0.2, 0.25) is 0 Å². The number of benzene rings is 2. The minimum atomic E-state index is -0.990. The van der Waals surface area contributed by atoms with Crippen LogP contribution in [0.25, 0.3) is 11.0 Å². The molecule has 2 heterocycles. The van der Waals surface area contributed by atoms with Crippen LogP contribution >= 0.6 is 0 Å². The molecule has 0 aliphatic heterocycles. The first-order chi connectivity index (χ1) is 14.8. The maximum atomic E-state index is 11.1. The van der Waals surface area contributed by atoms with Crippen molar-refractivity contribution >= 4 is 17.0 Å². The molecule has 0 spiro atoms. The standard InChI is InChI=1S/C24H23N3O4/c1-14-10-19(31-21-9-8-15(2)25-16(21)3)12-20-23(14)26-22(27(20)4)13-30-18-7-5-6-17(11-18)24(28)29/h5-12H,13H2,1-4H3,(H,28,29). The molecule has 1 N–H and O–H groups in total. The van der Waals surface area contributed by atoms with Crippen molar-refractivity contribution in [1.29, 1.82) is 0 Å². The van der Waals surface area contributed by atoms with Gasteiger partial charge in [-0.2, -0.15) is 0 Å². The molecule has 0 saturated carbocycles. The zero-order chi connectivity index (χ0) is 22.1. The largest absolute Gasteiger partial charge is 0.486 e. The van der Waals surface area contributed by atoms with Crippen molar-refractivity contribution < 1.29 is 19.4 Å². The van der Waals surface area contributed by atoms with Crippen molar-refractivity contribution in [3.8, 4) is 17.2 Å². The van der Waals surface area contributed by atoms with Crippen LogP contribution in [-0.4, -0.2) is 25.6 Å². The van der Waals surface area contributed by atoms with E-state index >= 15 is 0 Å². The molecule has 2 aromatic carbocycles. The number of aromatic nitrogens is 3. The molecule has 0 fully saturated rings. The second-order valence-corrected chi connectivity index (χ2v) is 7.45. The molecule has 158 valence electrons. The number of ether oxygens (including phenoxy) is 2. The lowest BCUT2D eigenvalue weighted by Gasteiger charge is -2.10. The highest BCUT2D eigenvalue weighted by molar-refractivity contribution is 5.88. The third-order valence-electron chi connectivity index (χ3n) is 5.10. The van der Waals surface area contributed by atoms with Crippen molar-refractivity contribution in [1.82, 2.24) is 14.5 Å². The van der Waals surface area contributed by atoms with Gasteiger partial charge in [-0.3, -0.25) is 4.98 Å². The van der Waals surface area contributed by atoms with E-state index in [4.69, 9.17) is 19.6 Å². The Morgan fingerprint density at radius 3 is 2.58 bits per heavy atom. The number of carboxylic acids is 1. The molecule has 2 aromatic heterocycles. The van der Waals surface area contributed by atoms with E-state index in [0.717, 1.165) is 33.8 Å². The van der Waals surface area contributed by atoms with Gasteiger partial charge in [0, 0.05) is 18.8 Å². The summed E-state index contributed by atoms with van der Waals surface area (Å²) >= 11 is 0. The summed E-state index contributed by atoms with van der Waals surface area (Å²) in [5.74, 6) is 1.64. The lowest BCUT2D eigenvalue weighted by Crippen LogP contribution is -2.04. The van der Waals surface area contributed by atoms with Crippen LogP contribution in [-0.2, 0) is 13.7 Å². The van der Waals surface area contributed by atoms with Crippen molar-refractivity contribution in [2.75, 3.05) is 0 Å². The zero-order valence-electron chi connectivity index (χ0n) is 17.8. The highest BCUT2D eigenvalue weighted by Gasteiger charge is 2.14. The van der Waals surface area contributed by atoms with Crippen LogP contribution in [0.5, 0.6) is 17.2 Å². The SMILES string of the molecule is Cc1ccc(Oc2cc(C)c3nc(COc4cccc(C(=O)O)c4)n(C)c3c2)c(C)n1. The van der Waals surface area contributed by atoms with E-state index < -0.39 is 5.97 Å². The number of fused-ring (bicyclic) bond motifs is 1. The van der Waals surface area contributed by atoms with Gasteiger partial charge in [0.25, 0.3) is 0 Å². The fourth-order valence-electron chi connectivity index (χ4n) is 3.44. The van der Waals surface area contributed by atoms with E-state index in [1.54, 1.807) is 12.1 Å². The average Bonchev–Trinajstić information content (AvgIpc) is 3.05. The van der Waals surface area contributed by atoms with E-state index in [-0.39, 0.29) is 12.2 Å². The predicted molar refractivity (Wildman–Crippen MR) is 117 cm³/mol. The Hall–Kier alpha value is -3.87. The monoisotopic (exact) mass is 417 g/mol. The zero-order valence-corrected chi connectivity index (χ0v) is 17.8. The molecule has 7 heteroatoms. The summed E-state index contributed by atoms with van der Waals surface area (Å²) in [5, 5.41) is 9.14. The first kappa shape index (κ1) is 20.4. The number of pyridine rings is 1. The van der Waals surface area contributed by atoms with Gasteiger partial charge in [-0.25, -0.2) is 9.78 Å². The van der Waals surface area contributed by atoms with E-state index in [2.05, 4.69) is 4.98 Å². The van der Waals surface area contributed by atoms with Gasteiger partial charge in [0.05, 0.1) is 22.3 Å². The number of hydrogen-bond donors (Lipinski definition) is 1. The van der Waals surface area contributed by atoms with Crippen LogP contribution in [0.1, 0.15) is 33.1 Å². The second kappa shape index (κ2) is 8.10. The lowest BCUT2D eigenvalue weighted by atomic mass is 10.2. The lowest BCUT2D eigenvalue weighted by molar-refractivity contribution is 0.0696. The molecule has 0 saturated heterocycles. The predicted octanol–water partition coefficient (Wildman–Crippen LogP) is 4.96. The van der Waals surface area contributed by atoms with Gasteiger partial charge in [-0.1, -0.05) is 6.07 Å². The summed E-state index contributed by atoms with van der Waals surface area (Å²) in [6.07, 6.45) is 0. The Morgan fingerprint density at radius 1 is 1.03 bits per heavy atom. The van der Waals surface area contributed by atoms with Crippen LogP contribution in [0.2, 0.25) is 0 Å². The Bertz CT molecular complexity index is 1290. The Kier molecular flexibility index (Phi) is 5.33. The summed E-state index contributed by atoms with van der Waals surface area (Å²) in [5.41, 5.74) is 4.74. The smallest absolute Gasteiger partial charge is 0.335 e. The molecule has 0 unspecified atom stereocenters. The molecule has 31 heavy (non-hydrogen) atoms. The van der Waals surface area contributed by atoms with Gasteiger partial charge in [0.1, 0.15) is 29.7 Å². The summed E-state index contributed by atoms with van der Waals surface area (Å²) in [7, 11) is 1.92. The topological polar surface area (TPSA) is 86.5 Å². The van der Waals surface area contributed by atoms with Gasteiger partial charge in [-0.05, 0) is 62.7 Å². The van der Waals surface area contributed by atoms with Crippen molar-refractivity contribution in [2.45, 2.75) is 27.4 Å². The van der Waals surface area contributed by atoms with Gasteiger partial charge in [-0.15, -0.1) is 0 Å². The van der Waals surface area contributed by atoms with E-state index in [0.29, 0.717) is 17.2 Å². The normalized spacial score (nSPS) is 11.0. The number of aryl methyl sites for hydroxylation is 4. The van der Waals surface area contributed by atoms with Gasteiger partial charge in [0.15, 0.2) is 0 Å². The number of carboxylic acid groups (broad SMARTS) is 1. The Labute approximate surface area is 179 Å². The molecule has 7 nitrogen and oxygen atoms in total. The fourth-order valence-corrected chi connectivity index (χ4v) is 3.44. The first-order valence-corrected chi connectivity index (χ1v) is 9.86. The molecule has 0 amide bonds. The summed E-state index contributed by atoms with van der Waals surface area (Å²) in [6.45, 7) is 6.07. The quantitative estimate of drug-likeness (QED) is 0.477. The maximum absolute atomic E-state index is 11.1. The number of nitrogens with zero attached hydrogens (tertiary/aromatic N) is 3. The Morgan fingerprint density at radius 2 is 1.84 bits per heavy atom. The molecule has 4 aromatic rings.